The van der Waals surface area contributed by atoms with E-state index in [9.17, 15) is 14.4 Å². The molecule has 9 heteroatoms. The topological polar surface area (TPSA) is 97.4 Å². The minimum absolute atomic E-state index is 0.0116. The van der Waals surface area contributed by atoms with E-state index in [4.69, 9.17) is 16.3 Å². The summed E-state index contributed by atoms with van der Waals surface area (Å²) in [6.07, 6.45) is -0.0239. The number of thiazole rings is 1. The Balaban J connectivity index is 1.94. The largest absolute Gasteiger partial charge is 0.459 e. The molecule has 1 unspecified atom stereocenters. The average Bonchev–Trinajstić information content (AvgIpc) is 2.99. The third kappa shape index (κ3) is 6.45. The molecule has 26 heavy (non-hydrogen) atoms. The first-order valence-electron chi connectivity index (χ1n) is 7.73. The van der Waals surface area contributed by atoms with Gasteiger partial charge in [0.2, 0.25) is 11.8 Å². The van der Waals surface area contributed by atoms with Crippen LogP contribution in [0.25, 0.3) is 0 Å². The molecule has 1 aromatic carbocycles. The van der Waals surface area contributed by atoms with Gasteiger partial charge in [-0.3, -0.25) is 14.4 Å². The fourth-order valence-electron chi connectivity index (χ4n) is 2.15. The molecule has 0 spiro atoms. The number of carbonyl (C=O) groups is 3. The first kappa shape index (κ1) is 19.9. The van der Waals surface area contributed by atoms with Gasteiger partial charge in [-0.15, -0.1) is 11.3 Å². The van der Waals surface area contributed by atoms with Crippen molar-refractivity contribution in [3.8, 4) is 0 Å². The predicted octanol–water partition coefficient (Wildman–Crippen LogP) is 3.07. The van der Waals surface area contributed by atoms with Gasteiger partial charge in [-0.1, -0.05) is 23.7 Å². The molecule has 0 fully saturated rings. The minimum Gasteiger partial charge on any atom is -0.459 e. The van der Waals surface area contributed by atoms with Crippen LogP contribution in [0.2, 0.25) is 5.02 Å². The lowest BCUT2D eigenvalue weighted by molar-refractivity contribution is -0.145. The number of halogens is 1. The monoisotopic (exact) mass is 395 g/mol. The molecule has 0 bridgehead atoms. The molecule has 0 aliphatic rings. The number of ether oxygens (including phenoxy) is 1. The van der Waals surface area contributed by atoms with Crippen LogP contribution in [0, 0.1) is 0 Å². The molecule has 1 atom stereocenters. The number of esters is 1. The van der Waals surface area contributed by atoms with E-state index in [1.807, 2.05) is 0 Å². The summed E-state index contributed by atoms with van der Waals surface area (Å²) in [5.41, 5.74) is 1.29. The summed E-state index contributed by atoms with van der Waals surface area (Å²) < 4.78 is 5.22. The second kappa shape index (κ2) is 9.30. The quantitative estimate of drug-likeness (QED) is 0.702. The van der Waals surface area contributed by atoms with Gasteiger partial charge < -0.3 is 15.4 Å². The van der Waals surface area contributed by atoms with Crippen molar-refractivity contribution >= 4 is 45.9 Å². The normalized spacial score (nSPS) is 11.5. The molecule has 2 rings (SSSR count). The van der Waals surface area contributed by atoms with Crippen LogP contribution in [0.5, 0.6) is 0 Å². The zero-order valence-corrected chi connectivity index (χ0v) is 15.8. The summed E-state index contributed by atoms with van der Waals surface area (Å²) in [4.78, 5) is 38.7. The number of nitrogens with one attached hydrogen (secondary N) is 2. The van der Waals surface area contributed by atoms with Crippen molar-refractivity contribution in [2.45, 2.75) is 32.9 Å². The van der Waals surface area contributed by atoms with E-state index < -0.39 is 12.0 Å². The zero-order valence-electron chi connectivity index (χ0n) is 14.2. The molecular weight excluding hydrogens is 378 g/mol. The lowest BCUT2D eigenvalue weighted by Crippen LogP contribution is -2.28. The SMILES string of the molecule is CC(=O)Nc1nc(COC(=O)CC(NC(C)=O)c2ccc(Cl)cc2)cs1. The summed E-state index contributed by atoms with van der Waals surface area (Å²) in [5, 5.41) is 8.00. The molecule has 2 amide bonds. The van der Waals surface area contributed by atoms with Gasteiger partial charge in [0.1, 0.15) is 6.61 Å². The van der Waals surface area contributed by atoms with Crippen LogP contribution in [0.4, 0.5) is 5.13 Å². The molecule has 0 saturated heterocycles. The van der Waals surface area contributed by atoms with Gasteiger partial charge in [-0.2, -0.15) is 0 Å². The third-order valence-corrected chi connectivity index (χ3v) is 4.29. The van der Waals surface area contributed by atoms with Crippen molar-refractivity contribution in [1.29, 1.82) is 0 Å². The standard InChI is InChI=1S/C17H18ClN3O4S/c1-10(22)19-15(12-3-5-13(18)6-4-12)7-16(24)25-8-14-9-26-17(21-14)20-11(2)23/h3-6,9,15H,7-8H2,1-2H3,(H,19,22)(H,20,21,23). The average molecular weight is 396 g/mol. The number of anilines is 1. The Kier molecular flexibility index (Phi) is 7.11. The van der Waals surface area contributed by atoms with Gasteiger partial charge in [0, 0.05) is 24.3 Å². The Labute approximate surface area is 159 Å². The Morgan fingerprint density at radius 3 is 2.50 bits per heavy atom. The molecule has 7 nitrogen and oxygen atoms in total. The fourth-order valence-corrected chi connectivity index (χ4v) is 3.02. The summed E-state index contributed by atoms with van der Waals surface area (Å²) in [6, 6.07) is 6.36. The van der Waals surface area contributed by atoms with Crippen molar-refractivity contribution in [3.63, 3.8) is 0 Å². The molecule has 2 aromatic rings. The number of amides is 2. The smallest absolute Gasteiger partial charge is 0.308 e. The number of hydrogen-bond donors (Lipinski definition) is 2. The van der Waals surface area contributed by atoms with Gasteiger partial charge in [0.25, 0.3) is 0 Å². The Morgan fingerprint density at radius 2 is 1.88 bits per heavy atom. The number of benzene rings is 1. The lowest BCUT2D eigenvalue weighted by Gasteiger charge is -2.17. The molecule has 0 aliphatic heterocycles. The van der Waals surface area contributed by atoms with E-state index in [0.29, 0.717) is 15.8 Å². The molecule has 1 aromatic heterocycles. The molecule has 0 aliphatic carbocycles. The van der Waals surface area contributed by atoms with E-state index >= 15 is 0 Å². The first-order valence-corrected chi connectivity index (χ1v) is 8.99. The van der Waals surface area contributed by atoms with Gasteiger partial charge >= 0.3 is 5.97 Å². The molecular formula is C17H18ClN3O4S. The lowest BCUT2D eigenvalue weighted by atomic mass is 10.0. The second-order valence-corrected chi connectivity index (χ2v) is 6.79. The van der Waals surface area contributed by atoms with Crippen molar-refractivity contribution in [3.05, 3.63) is 45.9 Å². The van der Waals surface area contributed by atoms with Crippen LogP contribution in [0.3, 0.4) is 0 Å². The van der Waals surface area contributed by atoms with Gasteiger partial charge in [-0.25, -0.2) is 4.98 Å². The highest BCUT2D eigenvalue weighted by Gasteiger charge is 2.18. The maximum atomic E-state index is 12.1. The maximum Gasteiger partial charge on any atom is 0.308 e. The molecule has 0 saturated carbocycles. The van der Waals surface area contributed by atoms with Crippen molar-refractivity contribution in [2.24, 2.45) is 0 Å². The first-order chi connectivity index (χ1) is 12.3. The van der Waals surface area contributed by atoms with E-state index in [0.717, 1.165) is 5.56 Å². The van der Waals surface area contributed by atoms with Crippen LogP contribution in [0.15, 0.2) is 29.6 Å². The number of hydrogen-bond acceptors (Lipinski definition) is 6. The molecule has 1 heterocycles. The van der Waals surface area contributed by atoms with E-state index in [1.54, 1.807) is 29.6 Å². The van der Waals surface area contributed by atoms with Gasteiger partial charge in [0.05, 0.1) is 18.2 Å². The Bertz CT molecular complexity index is 792. The van der Waals surface area contributed by atoms with Crippen molar-refractivity contribution in [2.75, 3.05) is 5.32 Å². The number of rotatable bonds is 7. The summed E-state index contributed by atoms with van der Waals surface area (Å²) in [5.74, 6) is -0.950. The Morgan fingerprint density at radius 1 is 1.19 bits per heavy atom. The summed E-state index contributed by atoms with van der Waals surface area (Å²) in [7, 11) is 0. The maximum absolute atomic E-state index is 12.1. The predicted molar refractivity (Wildman–Crippen MR) is 98.8 cm³/mol. The van der Waals surface area contributed by atoms with Crippen molar-refractivity contribution in [1.82, 2.24) is 10.3 Å². The highest BCUT2D eigenvalue weighted by molar-refractivity contribution is 7.13. The molecule has 2 N–H and O–H groups in total. The second-order valence-electron chi connectivity index (χ2n) is 5.49. The highest BCUT2D eigenvalue weighted by Crippen LogP contribution is 2.21. The highest BCUT2D eigenvalue weighted by atomic mass is 35.5. The van der Waals surface area contributed by atoms with E-state index in [2.05, 4.69) is 15.6 Å². The zero-order chi connectivity index (χ0) is 19.1. The summed E-state index contributed by atoms with van der Waals surface area (Å²) >= 11 is 7.11. The van der Waals surface area contributed by atoms with E-state index in [1.165, 1.54) is 25.2 Å². The Hall–Kier alpha value is -2.45. The molecule has 0 radical (unpaired) electrons. The summed E-state index contributed by atoms with van der Waals surface area (Å²) in [6.45, 7) is 2.76. The van der Waals surface area contributed by atoms with Crippen molar-refractivity contribution < 1.29 is 19.1 Å². The van der Waals surface area contributed by atoms with Crippen LogP contribution < -0.4 is 10.6 Å². The number of carbonyl (C=O) groups excluding carboxylic acids is 3. The number of aromatic nitrogens is 1. The van der Waals surface area contributed by atoms with E-state index in [-0.39, 0.29) is 24.8 Å². The minimum atomic E-state index is -0.511. The van der Waals surface area contributed by atoms with Crippen LogP contribution in [-0.4, -0.2) is 22.8 Å². The number of nitrogens with zero attached hydrogens (tertiary/aromatic N) is 1. The van der Waals surface area contributed by atoms with Gasteiger partial charge in [-0.05, 0) is 17.7 Å². The molecule has 138 valence electrons. The van der Waals surface area contributed by atoms with Crippen LogP contribution in [-0.2, 0) is 25.7 Å². The fraction of sp³-hybridized carbons (Fsp3) is 0.294. The van der Waals surface area contributed by atoms with Crippen LogP contribution >= 0.6 is 22.9 Å². The third-order valence-electron chi connectivity index (χ3n) is 3.24. The van der Waals surface area contributed by atoms with Crippen LogP contribution in [0.1, 0.15) is 37.6 Å². The van der Waals surface area contributed by atoms with Gasteiger partial charge in [0.15, 0.2) is 5.13 Å².